The summed E-state index contributed by atoms with van der Waals surface area (Å²) in [5.74, 6) is 0.288. The number of esters is 1. The van der Waals surface area contributed by atoms with Gasteiger partial charge in [0.1, 0.15) is 0 Å². The molecule has 1 saturated heterocycles. The van der Waals surface area contributed by atoms with Gasteiger partial charge in [-0.3, -0.25) is 4.79 Å². The number of nitrogens with zero attached hydrogens (tertiary/aromatic N) is 1. The predicted molar refractivity (Wildman–Crippen MR) is 106 cm³/mol. The minimum Gasteiger partial charge on any atom is -0.490 e. The number of sulfone groups is 1. The van der Waals surface area contributed by atoms with Crippen molar-refractivity contribution in [2.75, 3.05) is 37.9 Å². The summed E-state index contributed by atoms with van der Waals surface area (Å²) in [6.07, 6.45) is 4.03. The fourth-order valence-corrected chi connectivity index (χ4v) is 5.10. The molecule has 0 N–H and O–H groups in total. The lowest BCUT2D eigenvalue weighted by Crippen LogP contribution is -2.43. The highest BCUT2D eigenvalue weighted by atomic mass is 32.2. The molecular formula is C20H25NO7S. The van der Waals surface area contributed by atoms with Gasteiger partial charge < -0.3 is 19.1 Å². The third-order valence-electron chi connectivity index (χ3n) is 4.83. The van der Waals surface area contributed by atoms with Gasteiger partial charge in [0.2, 0.25) is 0 Å². The van der Waals surface area contributed by atoms with E-state index in [9.17, 15) is 18.0 Å². The SMILES string of the molecule is CCN(C(=O)COC(=O)/C=C/c1ccc2c(c1)OCCCO2)[C@@H]1CCS(=O)(=O)C1. The lowest BCUT2D eigenvalue weighted by atomic mass is 10.2. The number of amides is 1. The van der Waals surface area contributed by atoms with Crippen molar-refractivity contribution in [3.8, 4) is 11.5 Å². The van der Waals surface area contributed by atoms with E-state index in [1.54, 1.807) is 31.2 Å². The first-order chi connectivity index (χ1) is 13.9. The third kappa shape index (κ3) is 5.72. The molecule has 1 amide bonds. The van der Waals surface area contributed by atoms with Crippen molar-refractivity contribution >= 4 is 27.8 Å². The molecule has 0 radical (unpaired) electrons. The molecule has 1 aromatic carbocycles. The van der Waals surface area contributed by atoms with Gasteiger partial charge in [0.15, 0.2) is 27.9 Å². The zero-order chi connectivity index (χ0) is 20.9. The van der Waals surface area contributed by atoms with E-state index >= 15 is 0 Å². The van der Waals surface area contributed by atoms with Crippen LogP contribution in [-0.4, -0.2) is 69.1 Å². The Kier molecular flexibility index (Phi) is 6.79. The second-order valence-corrected chi connectivity index (χ2v) is 9.16. The molecule has 0 aliphatic carbocycles. The Morgan fingerprint density at radius 1 is 1.24 bits per heavy atom. The molecule has 29 heavy (non-hydrogen) atoms. The monoisotopic (exact) mass is 423 g/mol. The van der Waals surface area contributed by atoms with Crippen molar-refractivity contribution in [1.29, 1.82) is 0 Å². The van der Waals surface area contributed by atoms with Crippen LogP contribution in [-0.2, 0) is 24.2 Å². The van der Waals surface area contributed by atoms with E-state index in [0.717, 1.165) is 12.0 Å². The van der Waals surface area contributed by atoms with Crippen LogP contribution in [0.3, 0.4) is 0 Å². The molecule has 8 nitrogen and oxygen atoms in total. The zero-order valence-corrected chi connectivity index (χ0v) is 17.2. The molecule has 0 spiro atoms. The van der Waals surface area contributed by atoms with Crippen LogP contribution in [0, 0.1) is 0 Å². The fraction of sp³-hybridized carbons (Fsp3) is 0.500. The first kappa shape index (κ1) is 21.2. The molecule has 158 valence electrons. The molecule has 2 aliphatic heterocycles. The Balaban J connectivity index is 1.52. The van der Waals surface area contributed by atoms with Crippen molar-refractivity contribution in [3.05, 3.63) is 29.8 Å². The molecule has 0 aromatic heterocycles. The highest BCUT2D eigenvalue weighted by molar-refractivity contribution is 7.91. The number of hydrogen-bond donors (Lipinski definition) is 0. The first-order valence-electron chi connectivity index (χ1n) is 9.62. The summed E-state index contributed by atoms with van der Waals surface area (Å²) in [4.78, 5) is 25.8. The quantitative estimate of drug-likeness (QED) is 0.504. The van der Waals surface area contributed by atoms with Gasteiger partial charge in [-0.05, 0) is 37.1 Å². The summed E-state index contributed by atoms with van der Waals surface area (Å²) in [5.41, 5.74) is 0.740. The van der Waals surface area contributed by atoms with Crippen LogP contribution >= 0.6 is 0 Å². The van der Waals surface area contributed by atoms with Gasteiger partial charge in [0.25, 0.3) is 5.91 Å². The lowest BCUT2D eigenvalue weighted by molar-refractivity contribution is -0.149. The molecule has 0 saturated carbocycles. The Bertz CT molecular complexity index is 894. The number of carbonyl (C=O) groups excluding carboxylic acids is 2. The van der Waals surface area contributed by atoms with Crippen molar-refractivity contribution in [1.82, 2.24) is 4.90 Å². The van der Waals surface area contributed by atoms with E-state index < -0.39 is 28.3 Å². The summed E-state index contributed by atoms with van der Waals surface area (Å²) in [7, 11) is -3.10. The fourth-order valence-electron chi connectivity index (χ4n) is 3.37. The summed E-state index contributed by atoms with van der Waals surface area (Å²) < 4.78 is 39.5. The van der Waals surface area contributed by atoms with Crippen LogP contribution in [0.2, 0.25) is 0 Å². The van der Waals surface area contributed by atoms with Crippen LogP contribution in [0.4, 0.5) is 0 Å². The second-order valence-electron chi connectivity index (χ2n) is 6.93. The van der Waals surface area contributed by atoms with Crippen molar-refractivity contribution in [2.24, 2.45) is 0 Å². The Morgan fingerprint density at radius 2 is 2.00 bits per heavy atom. The average molecular weight is 423 g/mol. The summed E-state index contributed by atoms with van der Waals surface area (Å²) in [6.45, 7) is 2.89. The Labute approximate surface area is 170 Å². The summed E-state index contributed by atoms with van der Waals surface area (Å²) >= 11 is 0. The molecule has 2 aliphatic rings. The van der Waals surface area contributed by atoms with Gasteiger partial charge in [-0.2, -0.15) is 0 Å². The zero-order valence-electron chi connectivity index (χ0n) is 16.3. The number of rotatable bonds is 6. The maximum absolute atomic E-state index is 12.3. The van der Waals surface area contributed by atoms with E-state index in [0.29, 0.717) is 37.7 Å². The van der Waals surface area contributed by atoms with E-state index in [-0.39, 0.29) is 17.5 Å². The molecular weight excluding hydrogens is 398 g/mol. The average Bonchev–Trinajstić information content (AvgIpc) is 2.90. The van der Waals surface area contributed by atoms with Crippen LogP contribution < -0.4 is 9.47 Å². The van der Waals surface area contributed by atoms with E-state index in [1.165, 1.54) is 11.0 Å². The van der Waals surface area contributed by atoms with Gasteiger partial charge in [-0.15, -0.1) is 0 Å². The van der Waals surface area contributed by atoms with E-state index in [2.05, 4.69) is 0 Å². The molecule has 3 rings (SSSR count). The molecule has 0 unspecified atom stereocenters. The molecule has 1 fully saturated rings. The Hall–Kier alpha value is -2.55. The van der Waals surface area contributed by atoms with Crippen molar-refractivity contribution < 1.29 is 32.2 Å². The van der Waals surface area contributed by atoms with Crippen molar-refractivity contribution in [3.63, 3.8) is 0 Å². The summed E-state index contributed by atoms with van der Waals surface area (Å²) in [6, 6.07) is 4.99. The number of benzene rings is 1. The first-order valence-corrected chi connectivity index (χ1v) is 11.4. The smallest absolute Gasteiger partial charge is 0.331 e. The van der Waals surface area contributed by atoms with Crippen LogP contribution in [0.5, 0.6) is 11.5 Å². The Morgan fingerprint density at radius 3 is 2.69 bits per heavy atom. The number of carbonyl (C=O) groups is 2. The van der Waals surface area contributed by atoms with Crippen LogP contribution in [0.15, 0.2) is 24.3 Å². The largest absolute Gasteiger partial charge is 0.490 e. The minimum absolute atomic E-state index is 0.0372. The van der Waals surface area contributed by atoms with Gasteiger partial charge in [-0.1, -0.05) is 6.07 Å². The third-order valence-corrected chi connectivity index (χ3v) is 6.58. The second kappa shape index (κ2) is 9.30. The number of likely N-dealkylation sites (N-methyl/N-ethyl adjacent to an activating group) is 1. The standard InChI is InChI=1S/C20H25NO7S/c1-2-21(16-8-11-29(24,25)14-16)19(22)13-28-20(23)7-5-15-4-6-17-18(12-15)27-10-3-9-26-17/h4-7,12,16H,2-3,8-11,13-14H2,1H3/b7-5+/t16-/m1/s1. The topological polar surface area (TPSA) is 99.2 Å². The van der Waals surface area contributed by atoms with Gasteiger partial charge in [-0.25, -0.2) is 13.2 Å². The maximum Gasteiger partial charge on any atom is 0.331 e. The molecule has 1 aromatic rings. The predicted octanol–water partition coefficient (Wildman–Crippen LogP) is 1.44. The lowest BCUT2D eigenvalue weighted by Gasteiger charge is -2.26. The van der Waals surface area contributed by atoms with Gasteiger partial charge in [0, 0.05) is 25.1 Å². The molecule has 2 heterocycles. The molecule has 9 heteroatoms. The van der Waals surface area contributed by atoms with Gasteiger partial charge in [0.05, 0.1) is 24.7 Å². The number of ether oxygens (including phenoxy) is 3. The molecule has 1 atom stereocenters. The van der Waals surface area contributed by atoms with Crippen molar-refractivity contribution in [2.45, 2.75) is 25.8 Å². The van der Waals surface area contributed by atoms with Crippen LogP contribution in [0.25, 0.3) is 6.08 Å². The molecule has 0 bridgehead atoms. The summed E-state index contributed by atoms with van der Waals surface area (Å²) in [5, 5.41) is 0. The highest BCUT2D eigenvalue weighted by Gasteiger charge is 2.34. The highest BCUT2D eigenvalue weighted by Crippen LogP contribution is 2.30. The number of hydrogen-bond acceptors (Lipinski definition) is 7. The minimum atomic E-state index is -3.10. The number of fused-ring (bicyclic) bond motifs is 1. The van der Waals surface area contributed by atoms with Crippen LogP contribution in [0.1, 0.15) is 25.3 Å². The van der Waals surface area contributed by atoms with E-state index in [1.807, 2.05) is 0 Å². The van der Waals surface area contributed by atoms with Gasteiger partial charge >= 0.3 is 5.97 Å². The maximum atomic E-state index is 12.3. The van der Waals surface area contributed by atoms with E-state index in [4.69, 9.17) is 14.2 Å². The normalized spacial score (nSPS) is 20.2.